The first kappa shape index (κ1) is 8.97. The summed E-state index contributed by atoms with van der Waals surface area (Å²) in [4.78, 5) is 37.1. The lowest BCUT2D eigenvalue weighted by Crippen LogP contribution is -2.36. The second-order valence-electron chi connectivity index (χ2n) is 2.20. The molecule has 0 aliphatic heterocycles. The number of aromatic amines is 1. The van der Waals surface area contributed by atoms with Gasteiger partial charge in [0.2, 0.25) is 0 Å². The van der Waals surface area contributed by atoms with Crippen LogP contribution in [0.25, 0.3) is 0 Å². The zero-order valence-corrected chi connectivity index (χ0v) is 6.51. The number of H-pyrrole nitrogens is 1. The van der Waals surface area contributed by atoms with Gasteiger partial charge in [0.15, 0.2) is 5.09 Å². The molecule has 1 N–H and O–H groups in total. The molecule has 0 aromatic carbocycles. The van der Waals surface area contributed by atoms with Gasteiger partial charge >= 0.3 is 5.69 Å². The van der Waals surface area contributed by atoms with E-state index in [4.69, 9.17) is 0 Å². The first-order valence-electron chi connectivity index (χ1n) is 3.16. The smallest absolute Gasteiger partial charge is 0.269 e. The lowest BCUT2D eigenvalue weighted by Gasteiger charge is -1.98. The van der Waals surface area contributed by atoms with Crippen LogP contribution in [0.1, 0.15) is 5.56 Å². The van der Waals surface area contributed by atoms with E-state index in [2.05, 4.69) is 4.94 Å². The third-order valence-corrected chi connectivity index (χ3v) is 1.24. The van der Waals surface area contributed by atoms with Crippen LogP contribution in [0.2, 0.25) is 0 Å². The van der Waals surface area contributed by atoms with Crippen LogP contribution in [0.15, 0.2) is 15.8 Å². The lowest BCUT2D eigenvalue weighted by molar-refractivity contribution is -0.750. The average Bonchev–Trinajstić information content (AvgIpc) is 1.99. The van der Waals surface area contributed by atoms with Crippen molar-refractivity contribution in [3.8, 4) is 0 Å². The van der Waals surface area contributed by atoms with Gasteiger partial charge < -0.3 is 0 Å². The minimum atomic E-state index is -1.15. The van der Waals surface area contributed by atoms with Crippen LogP contribution in [0, 0.1) is 17.0 Å². The quantitative estimate of drug-likeness (QED) is 0.446. The fourth-order valence-corrected chi connectivity index (χ4v) is 0.676. The van der Waals surface area contributed by atoms with Gasteiger partial charge in [0.25, 0.3) is 5.56 Å². The van der Waals surface area contributed by atoms with E-state index in [0.717, 1.165) is 6.20 Å². The molecule has 1 aromatic rings. The summed E-state index contributed by atoms with van der Waals surface area (Å²) >= 11 is 0. The Morgan fingerprint density at radius 2 is 2.23 bits per heavy atom. The van der Waals surface area contributed by atoms with E-state index in [-0.39, 0.29) is 5.56 Å². The van der Waals surface area contributed by atoms with Crippen LogP contribution in [-0.2, 0) is 0 Å². The summed E-state index contributed by atoms with van der Waals surface area (Å²) in [6, 6.07) is 0. The maximum atomic E-state index is 10.8. The SMILES string of the molecule is Cc1cn(O[N+](=O)[O-])c(=O)[nH]c1=O. The highest BCUT2D eigenvalue weighted by atomic mass is 17.0. The van der Waals surface area contributed by atoms with E-state index < -0.39 is 16.3 Å². The number of hydrogen-bond donors (Lipinski definition) is 1. The minimum absolute atomic E-state index is 0.140. The van der Waals surface area contributed by atoms with Gasteiger partial charge in [-0.25, -0.2) is 14.9 Å². The van der Waals surface area contributed by atoms with E-state index in [1.807, 2.05) is 4.98 Å². The molecule has 0 aliphatic carbocycles. The van der Waals surface area contributed by atoms with E-state index in [9.17, 15) is 19.7 Å². The summed E-state index contributed by atoms with van der Waals surface area (Å²) < 4.78 is 0.330. The predicted octanol–water partition coefficient (Wildman–Crippen LogP) is -1.53. The number of aryl methyl sites for hydroxylation is 1. The summed E-state index contributed by atoms with van der Waals surface area (Å²) in [6.45, 7) is 1.39. The molecule has 8 heteroatoms. The van der Waals surface area contributed by atoms with Crippen LogP contribution in [0.4, 0.5) is 0 Å². The van der Waals surface area contributed by atoms with Crippen molar-refractivity contribution >= 4 is 0 Å². The topological polar surface area (TPSA) is 107 Å². The van der Waals surface area contributed by atoms with Crippen molar-refractivity contribution in [3.05, 3.63) is 42.7 Å². The van der Waals surface area contributed by atoms with Gasteiger partial charge in [0.05, 0.1) is 5.56 Å². The zero-order valence-electron chi connectivity index (χ0n) is 6.51. The van der Waals surface area contributed by atoms with E-state index in [1.165, 1.54) is 6.92 Å². The first-order chi connectivity index (χ1) is 6.00. The average molecular weight is 187 g/mol. The summed E-state index contributed by atoms with van der Waals surface area (Å²) in [5, 5.41) is 8.70. The number of rotatable bonds is 2. The molecule has 0 radical (unpaired) electrons. The molecule has 1 heterocycles. The van der Waals surface area contributed by atoms with Crippen molar-refractivity contribution in [1.29, 1.82) is 0 Å². The standard InChI is InChI=1S/C5H5N3O5/c1-3-2-7(13-8(11)12)5(10)6-4(3)9/h2H,1H3,(H,6,9,10). The van der Waals surface area contributed by atoms with Gasteiger partial charge in [-0.3, -0.25) is 9.78 Å². The summed E-state index contributed by atoms with van der Waals surface area (Å²) in [7, 11) is 0. The van der Waals surface area contributed by atoms with Crippen LogP contribution in [0.3, 0.4) is 0 Å². The molecule has 1 aromatic heterocycles. The largest absolute Gasteiger partial charge is 0.443 e. The molecular weight excluding hydrogens is 182 g/mol. The molecule has 0 spiro atoms. The maximum absolute atomic E-state index is 10.8. The van der Waals surface area contributed by atoms with Crippen molar-refractivity contribution in [3.63, 3.8) is 0 Å². The maximum Gasteiger partial charge on any atom is 0.443 e. The number of hydrogen-bond acceptors (Lipinski definition) is 5. The van der Waals surface area contributed by atoms with E-state index in [1.54, 1.807) is 0 Å². The molecule has 70 valence electrons. The minimum Gasteiger partial charge on any atom is -0.269 e. The first-order valence-corrected chi connectivity index (χ1v) is 3.16. The van der Waals surface area contributed by atoms with Crippen molar-refractivity contribution in [2.24, 2.45) is 0 Å². The Morgan fingerprint density at radius 1 is 1.62 bits per heavy atom. The van der Waals surface area contributed by atoms with Crippen molar-refractivity contribution in [2.75, 3.05) is 0 Å². The second kappa shape index (κ2) is 3.09. The van der Waals surface area contributed by atoms with Crippen molar-refractivity contribution in [2.45, 2.75) is 6.92 Å². The Morgan fingerprint density at radius 3 is 2.77 bits per heavy atom. The van der Waals surface area contributed by atoms with Crippen molar-refractivity contribution in [1.82, 2.24) is 9.71 Å². The Labute approximate surface area is 70.4 Å². The zero-order chi connectivity index (χ0) is 10.0. The second-order valence-corrected chi connectivity index (χ2v) is 2.20. The number of aromatic nitrogens is 2. The van der Waals surface area contributed by atoms with Gasteiger partial charge in [-0.15, -0.1) is 0 Å². The molecule has 0 fully saturated rings. The molecule has 13 heavy (non-hydrogen) atoms. The predicted molar refractivity (Wildman–Crippen MR) is 39.6 cm³/mol. The van der Waals surface area contributed by atoms with Crippen LogP contribution in [0.5, 0.6) is 0 Å². The summed E-state index contributed by atoms with van der Waals surface area (Å²) in [5.74, 6) is 0. The summed E-state index contributed by atoms with van der Waals surface area (Å²) in [5.41, 5.74) is -1.46. The number of nitrogens with zero attached hydrogens (tertiary/aromatic N) is 2. The molecule has 1 rings (SSSR count). The Hall–Kier alpha value is -2.12. The fraction of sp³-hybridized carbons (Fsp3) is 0.200. The van der Waals surface area contributed by atoms with Crippen LogP contribution in [-0.4, -0.2) is 14.8 Å². The molecule has 0 saturated carbocycles. The Balaban J connectivity index is 3.24. The molecule has 0 atom stereocenters. The van der Waals surface area contributed by atoms with E-state index >= 15 is 0 Å². The highest BCUT2D eigenvalue weighted by Gasteiger charge is 2.06. The normalized spacial score (nSPS) is 9.62. The van der Waals surface area contributed by atoms with Crippen LogP contribution < -0.4 is 16.2 Å². The van der Waals surface area contributed by atoms with Gasteiger partial charge in [-0.1, -0.05) is 0 Å². The van der Waals surface area contributed by atoms with Crippen LogP contribution >= 0.6 is 0 Å². The van der Waals surface area contributed by atoms with E-state index in [0.29, 0.717) is 4.73 Å². The molecule has 8 nitrogen and oxygen atoms in total. The van der Waals surface area contributed by atoms with Gasteiger partial charge in [0.1, 0.15) is 6.20 Å². The lowest BCUT2D eigenvalue weighted by atomic mass is 10.4. The number of nitrogens with one attached hydrogen (secondary N) is 1. The third kappa shape index (κ3) is 1.92. The molecule has 0 unspecified atom stereocenters. The van der Waals surface area contributed by atoms with Gasteiger partial charge in [-0.2, -0.15) is 4.94 Å². The summed E-state index contributed by atoms with van der Waals surface area (Å²) in [6.07, 6.45) is 0.934. The fourth-order valence-electron chi connectivity index (χ4n) is 0.676. The molecular formula is C5H5N3O5. The van der Waals surface area contributed by atoms with Gasteiger partial charge in [-0.05, 0) is 11.7 Å². The van der Waals surface area contributed by atoms with Gasteiger partial charge in [0, 0.05) is 0 Å². The molecule has 0 saturated heterocycles. The molecule has 0 aliphatic rings. The Bertz CT molecular complexity index is 444. The highest BCUT2D eigenvalue weighted by Crippen LogP contribution is 1.80. The highest BCUT2D eigenvalue weighted by molar-refractivity contribution is 4.99. The van der Waals surface area contributed by atoms with Crippen molar-refractivity contribution < 1.29 is 10.0 Å². The molecule has 0 amide bonds. The molecule has 0 bridgehead atoms. The third-order valence-electron chi connectivity index (χ3n) is 1.24. The monoisotopic (exact) mass is 187 g/mol. The Kier molecular flexibility index (Phi) is 2.13.